The van der Waals surface area contributed by atoms with Crippen LogP contribution in [-0.4, -0.2) is 33.9 Å². The predicted molar refractivity (Wildman–Crippen MR) is 122 cm³/mol. The van der Waals surface area contributed by atoms with Crippen LogP contribution in [-0.2, 0) is 4.79 Å². The molecule has 7 nitrogen and oxygen atoms in total. The van der Waals surface area contributed by atoms with Gasteiger partial charge in [0.25, 0.3) is 0 Å². The fourth-order valence-corrected chi connectivity index (χ4v) is 4.58. The lowest BCUT2D eigenvalue weighted by Crippen LogP contribution is -2.41. The zero-order valence-electron chi connectivity index (χ0n) is 16.8. The average Bonchev–Trinajstić information content (AvgIpc) is 3.22. The second kappa shape index (κ2) is 8.69. The van der Waals surface area contributed by atoms with E-state index < -0.39 is 0 Å². The average molecular weight is 432 g/mol. The van der Waals surface area contributed by atoms with E-state index in [1.54, 1.807) is 18.5 Å². The van der Waals surface area contributed by atoms with Gasteiger partial charge in [0.1, 0.15) is 11.5 Å². The molecule has 0 aliphatic carbocycles. The molecule has 1 fully saturated rings. The molecule has 5 rings (SSSR count). The molecule has 0 spiro atoms. The Morgan fingerprint density at radius 2 is 1.90 bits per heavy atom. The van der Waals surface area contributed by atoms with Crippen LogP contribution < -0.4 is 15.0 Å². The third kappa shape index (κ3) is 4.49. The molecule has 1 amide bonds. The van der Waals surface area contributed by atoms with Crippen molar-refractivity contribution < 1.29 is 9.53 Å². The minimum Gasteiger partial charge on any atom is -0.457 e. The highest BCUT2D eigenvalue weighted by atomic mass is 32.1. The summed E-state index contributed by atoms with van der Waals surface area (Å²) in [6.07, 6.45) is 5.22. The lowest BCUT2D eigenvalue weighted by Gasteiger charge is -2.31. The molecule has 0 saturated carbocycles. The second-order valence-corrected chi connectivity index (χ2v) is 8.42. The first-order chi connectivity index (χ1) is 15.2. The molecule has 2 aromatic carbocycles. The zero-order valence-corrected chi connectivity index (χ0v) is 17.6. The Morgan fingerprint density at radius 1 is 1.06 bits per heavy atom. The highest BCUT2D eigenvalue weighted by Crippen LogP contribution is 2.32. The summed E-state index contributed by atoms with van der Waals surface area (Å²) in [6, 6.07) is 17.2. The van der Waals surface area contributed by atoms with Gasteiger partial charge in [-0.05, 0) is 43.2 Å². The maximum Gasteiger partial charge on any atom is 0.231 e. The number of rotatable bonds is 5. The first-order valence-corrected chi connectivity index (χ1v) is 11.0. The van der Waals surface area contributed by atoms with Crippen LogP contribution in [0, 0.1) is 5.92 Å². The fourth-order valence-electron chi connectivity index (χ4n) is 3.68. The second-order valence-electron chi connectivity index (χ2n) is 7.39. The van der Waals surface area contributed by atoms with E-state index in [0.717, 1.165) is 41.1 Å². The molecule has 0 unspecified atom stereocenters. The zero-order chi connectivity index (χ0) is 21.0. The summed E-state index contributed by atoms with van der Waals surface area (Å²) in [6.45, 7) is 1.47. The third-order valence-electron chi connectivity index (χ3n) is 5.20. The Bertz CT molecular complexity index is 1180. The van der Waals surface area contributed by atoms with E-state index in [-0.39, 0.29) is 11.8 Å². The van der Waals surface area contributed by atoms with E-state index in [1.165, 1.54) is 11.3 Å². The standard InChI is InChI=1S/C23H21N5O2S/c29-21(16-6-4-13-28(15-16)22-24-11-5-12-25-22)27-23-26-19-10-9-18(14-20(19)31-23)30-17-7-2-1-3-8-17/h1-3,5,7-12,14,16H,4,6,13,15H2,(H,26,27,29)/t16-/m0/s1. The van der Waals surface area contributed by atoms with Gasteiger partial charge in [-0.1, -0.05) is 29.5 Å². The molecule has 1 saturated heterocycles. The molecule has 1 aliphatic heterocycles. The molecule has 1 N–H and O–H groups in total. The van der Waals surface area contributed by atoms with Gasteiger partial charge < -0.3 is 15.0 Å². The number of aromatic nitrogens is 3. The molecule has 2 aromatic heterocycles. The Balaban J connectivity index is 1.27. The van der Waals surface area contributed by atoms with E-state index in [0.29, 0.717) is 17.6 Å². The van der Waals surface area contributed by atoms with Gasteiger partial charge >= 0.3 is 0 Å². The lowest BCUT2D eigenvalue weighted by atomic mass is 9.97. The van der Waals surface area contributed by atoms with Crippen LogP contribution in [0.5, 0.6) is 11.5 Å². The van der Waals surface area contributed by atoms with Gasteiger partial charge in [-0.2, -0.15) is 0 Å². The minimum absolute atomic E-state index is 0.0135. The van der Waals surface area contributed by atoms with Crippen LogP contribution >= 0.6 is 11.3 Å². The van der Waals surface area contributed by atoms with Crippen molar-refractivity contribution in [1.29, 1.82) is 0 Å². The predicted octanol–water partition coefficient (Wildman–Crippen LogP) is 4.73. The van der Waals surface area contributed by atoms with Gasteiger partial charge in [0.05, 0.1) is 16.1 Å². The first-order valence-electron chi connectivity index (χ1n) is 10.2. The number of carbonyl (C=O) groups excluding carboxylic acids is 1. The van der Waals surface area contributed by atoms with Crippen LogP contribution in [0.4, 0.5) is 11.1 Å². The van der Waals surface area contributed by atoms with Crippen molar-refractivity contribution in [3.8, 4) is 11.5 Å². The van der Waals surface area contributed by atoms with Gasteiger partial charge in [0.2, 0.25) is 11.9 Å². The van der Waals surface area contributed by atoms with Gasteiger partial charge in [0.15, 0.2) is 5.13 Å². The molecule has 8 heteroatoms. The van der Waals surface area contributed by atoms with Crippen LogP contribution in [0.3, 0.4) is 0 Å². The molecule has 0 radical (unpaired) electrons. The molecule has 31 heavy (non-hydrogen) atoms. The Labute approximate surface area is 183 Å². The summed E-state index contributed by atoms with van der Waals surface area (Å²) in [5, 5.41) is 3.60. The number of para-hydroxylation sites is 1. The number of amides is 1. The summed E-state index contributed by atoms with van der Waals surface area (Å²) >= 11 is 1.45. The van der Waals surface area contributed by atoms with Crippen molar-refractivity contribution in [2.75, 3.05) is 23.3 Å². The highest BCUT2D eigenvalue weighted by Gasteiger charge is 2.27. The maximum atomic E-state index is 12.9. The van der Waals surface area contributed by atoms with Crippen molar-refractivity contribution in [1.82, 2.24) is 15.0 Å². The molecule has 156 valence electrons. The third-order valence-corrected chi connectivity index (χ3v) is 6.13. The van der Waals surface area contributed by atoms with Crippen LogP contribution in [0.15, 0.2) is 67.0 Å². The number of nitrogens with one attached hydrogen (secondary N) is 1. The Kier molecular flexibility index (Phi) is 5.45. The molecule has 1 atom stereocenters. The topological polar surface area (TPSA) is 80.2 Å². The molecular formula is C23H21N5O2S. The van der Waals surface area contributed by atoms with Gasteiger partial charge in [-0.15, -0.1) is 0 Å². The summed E-state index contributed by atoms with van der Waals surface area (Å²) in [4.78, 5) is 28.1. The number of fused-ring (bicyclic) bond motifs is 1. The summed E-state index contributed by atoms with van der Waals surface area (Å²) in [7, 11) is 0. The summed E-state index contributed by atoms with van der Waals surface area (Å²) in [5.74, 6) is 2.06. The lowest BCUT2D eigenvalue weighted by molar-refractivity contribution is -0.120. The summed E-state index contributed by atoms with van der Waals surface area (Å²) in [5.41, 5.74) is 0.837. The van der Waals surface area contributed by atoms with Crippen molar-refractivity contribution in [3.63, 3.8) is 0 Å². The van der Waals surface area contributed by atoms with Crippen LogP contribution in [0.1, 0.15) is 12.8 Å². The monoisotopic (exact) mass is 431 g/mol. The van der Waals surface area contributed by atoms with Crippen molar-refractivity contribution in [2.45, 2.75) is 12.8 Å². The molecule has 1 aliphatic rings. The Hall–Kier alpha value is -3.52. The van der Waals surface area contributed by atoms with E-state index in [1.807, 2.05) is 48.5 Å². The van der Waals surface area contributed by atoms with Crippen molar-refractivity contribution in [2.24, 2.45) is 5.92 Å². The minimum atomic E-state index is -0.124. The number of benzene rings is 2. The van der Waals surface area contributed by atoms with E-state index in [4.69, 9.17) is 4.74 Å². The number of hydrogen-bond donors (Lipinski definition) is 1. The van der Waals surface area contributed by atoms with E-state index in [9.17, 15) is 4.79 Å². The Morgan fingerprint density at radius 3 is 2.74 bits per heavy atom. The number of anilines is 2. The molecule has 0 bridgehead atoms. The number of thiazole rings is 1. The van der Waals surface area contributed by atoms with Gasteiger partial charge in [-0.25, -0.2) is 15.0 Å². The number of nitrogens with zero attached hydrogens (tertiary/aromatic N) is 4. The normalized spacial score (nSPS) is 16.3. The highest BCUT2D eigenvalue weighted by molar-refractivity contribution is 7.22. The number of carbonyl (C=O) groups is 1. The van der Waals surface area contributed by atoms with Gasteiger partial charge in [0, 0.05) is 31.5 Å². The molecule has 4 aromatic rings. The molecular weight excluding hydrogens is 410 g/mol. The molecule has 3 heterocycles. The van der Waals surface area contributed by atoms with Gasteiger partial charge in [-0.3, -0.25) is 4.79 Å². The maximum absolute atomic E-state index is 12.9. The van der Waals surface area contributed by atoms with Crippen molar-refractivity contribution >= 4 is 38.5 Å². The largest absolute Gasteiger partial charge is 0.457 e. The first kappa shape index (κ1) is 19.4. The van der Waals surface area contributed by atoms with E-state index >= 15 is 0 Å². The fraction of sp³-hybridized carbons (Fsp3) is 0.217. The SMILES string of the molecule is O=C(Nc1nc2ccc(Oc3ccccc3)cc2s1)[C@H]1CCCN(c2ncccn2)C1. The quantitative estimate of drug-likeness (QED) is 0.492. The van der Waals surface area contributed by atoms with Crippen LogP contribution in [0.25, 0.3) is 10.2 Å². The smallest absolute Gasteiger partial charge is 0.231 e. The number of hydrogen-bond acceptors (Lipinski definition) is 7. The summed E-state index contributed by atoms with van der Waals surface area (Å²) < 4.78 is 6.86. The number of piperidine rings is 1. The van der Waals surface area contributed by atoms with Crippen molar-refractivity contribution in [3.05, 3.63) is 67.0 Å². The van der Waals surface area contributed by atoms with E-state index in [2.05, 4.69) is 25.2 Å². The number of ether oxygens (including phenoxy) is 1. The van der Waals surface area contributed by atoms with Crippen LogP contribution in [0.2, 0.25) is 0 Å².